The van der Waals surface area contributed by atoms with Crippen molar-refractivity contribution in [1.29, 1.82) is 0 Å². The summed E-state index contributed by atoms with van der Waals surface area (Å²) in [5.74, 6) is -0.365. The fraction of sp³-hybridized carbons (Fsp3) is 1.00. The van der Waals surface area contributed by atoms with Crippen molar-refractivity contribution in [1.82, 2.24) is 0 Å². The summed E-state index contributed by atoms with van der Waals surface area (Å²) in [5.41, 5.74) is 0. The van der Waals surface area contributed by atoms with E-state index in [9.17, 15) is 21.4 Å². The van der Waals surface area contributed by atoms with Gasteiger partial charge in [-0.3, -0.25) is 0 Å². The molecule has 0 heterocycles. The second kappa shape index (κ2) is 6.65. The van der Waals surface area contributed by atoms with Crippen molar-refractivity contribution in [2.24, 2.45) is 0 Å². The van der Waals surface area contributed by atoms with Gasteiger partial charge in [0.1, 0.15) is 0 Å². The molecular formula is C4H9NaO5S3. The van der Waals surface area contributed by atoms with Crippen LogP contribution in [0, 0.1) is 0 Å². The van der Waals surface area contributed by atoms with Crippen molar-refractivity contribution in [2.45, 2.75) is 6.42 Å². The quantitative estimate of drug-likeness (QED) is 0.221. The molecule has 0 rings (SSSR count). The summed E-state index contributed by atoms with van der Waals surface area (Å²) in [4.78, 5) is 0. The topological polar surface area (TPSA) is 91.3 Å². The Kier molecular flexibility index (Phi) is 8.51. The maximum absolute atomic E-state index is 10.5. The fourth-order valence-electron chi connectivity index (χ4n) is 0.446. The van der Waals surface area contributed by atoms with Crippen molar-refractivity contribution in [3.05, 3.63) is 0 Å². The first-order valence-corrected chi connectivity index (χ1v) is 7.96. The van der Waals surface area contributed by atoms with Gasteiger partial charge in [-0.15, -0.1) is 0 Å². The predicted molar refractivity (Wildman–Crippen MR) is 46.5 cm³/mol. The molecule has 0 aliphatic rings. The summed E-state index contributed by atoms with van der Waals surface area (Å²) < 4.78 is 51.1. The minimum atomic E-state index is -4.20. The van der Waals surface area contributed by atoms with Gasteiger partial charge in [0.05, 0.1) is 10.1 Å². The molecule has 13 heavy (non-hydrogen) atoms. The molecule has 0 spiro atoms. The van der Waals surface area contributed by atoms with Gasteiger partial charge in [-0.05, 0) is 17.2 Å². The van der Waals surface area contributed by atoms with E-state index in [1.165, 1.54) is 0 Å². The minimum Gasteiger partial charge on any atom is -0.748 e. The van der Waals surface area contributed by atoms with Crippen LogP contribution in [0.15, 0.2) is 0 Å². The van der Waals surface area contributed by atoms with E-state index in [0.29, 0.717) is 10.8 Å². The zero-order valence-corrected chi connectivity index (χ0v) is 11.8. The van der Waals surface area contributed by atoms with Gasteiger partial charge in [0, 0.05) is 17.8 Å². The number of hydrogen-bond donors (Lipinski definition) is 0. The average Bonchev–Trinajstić information content (AvgIpc) is 1.76. The molecule has 0 aromatic heterocycles. The van der Waals surface area contributed by atoms with Crippen LogP contribution in [-0.2, 0) is 19.0 Å². The van der Waals surface area contributed by atoms with Crippen molar-refractivity contribution >= 4 is 29.8 Å². The minimum absolute atomic E-state index is 0. The molecule has 0 atom stereocenters. The van der Waals surface area contributed by atoms with Crippen LogP contribution in [0.3, 0.4) is 0 Å². The van der Waals surface area contributed by atoms with Crippen LogP contribution in [-0.4, -0.2) is 39.1 Å². The Hall–Kier alpha value is 1.21. The number of hydrogen-bond acceptors (Lipinski definition) is 6. The molecule has 0 aliphatic heterocycles. The first kappa shape index (κ1) is 16.6. The van der Waals surface area contributed by atoms with Crippen LogP contribution >= 0.6 is 10.8 Å². The van der Waals surface area contributed by atoms with Crippen molar-refractivity contribution in [3.63, 3.8) is 0 Å². The maximum atomic E-state index is 10.5. The van der Waals surface area contributed by atoms with E-state index < -0.39 is 24.7 Å². The maximum Gasteiger partial charge on any atom is 1.00 e. The van der Waals surface area contributed by atoms with E-state index in [1.54, 1.807) is 0 Å². The summed E-state index contributed by atoms with van der Waals surface area (Å²) in [6, 6.07) is 0. The Morgan fingerprint density at radius 1 is 1.23 bits per heavy atom. The zero-order chi connectivity index (χ0) is 9.83. The van der Waals surface area contributed by atoms with Crippen molar-refractivity contribution < 1.29 is 50.9 Å². The first-order chi connectivity index (χ1) is 5.21. The smallest absolute Gasteiger partial charge is 0.748 e. The van der Waals surface area contributed by atoms with Crippen LogP contribution < -0.4 is 29.6 Å². The van der Waals surface area contributed by atoms with E-state index in [0.717, 1.165) is 6.26 Å². The predicted octanol–water partition coefficient (Wildman–Crippen LogP) is -3.38. The monoisotopic (exact) mass is 256 g/mol. The Labute approximate surface area is 104 Å². The molecule has 0 aliphatic carbocycles. The molecule has 0 radical (unpaired) electrons. The Balaban J connectivity index is 0. The molecule has 5 nitrogen and oxygen atoms in total. The zero-order valence-electron chi connectivity index (χ0n) is 7.39. The SMILES string of the molecule is CS(=O)(=O)SCCCS(=O)(=O)[O-].[Na+]. The van der Waals surface area contributed by atoms with Crippen LogP contribution in [0.4, 0.5) is 0 Å². The van der Waals surface area contributed by atoms with E-state index in [2.05, 4.69) is 0 Å². The molecule has 0 fully saturated rings. The summed E-state index contributed by atoms with van der Waals surface area (Å²) in [7, 11) is -6.68. The Morgan fingerprint density at radius 2 is 1.69 bits per heavy atom. The van der Waals surface area contributed by atoms with Crippen molar-refractivity contribution in [2.75, 3.05) is 17.8 Å². The van der Waals surface area contributed by atoms with Crippen LogP contribution in [0.25, 0.3) is 0 Å². The van der Waals surface area contributed by atoms with Crippen molar-refractivity contribution in [3.8, 4) is 0 Å². The summed E-state index contributed by atoms with van der Waals surface area (Å²) >= 11 is 0. The molecule has 0 saturated carbocycles. The van der Waals surface area contributed by atoms with Crippen LogP contribution in [0.1, 0.15) is 6.42 Å². The molecule has 9 heteroatoms. The van der Waals surface area contributed by atoms with E-state index >= 15 is 0 Å². The molecule has 0 bridgehead atoms. The normalized spacial score (nSPS) is 12.2. The Bertz CT molecular complexity index is 284. The van der Waals surface area contributed by atoms with Gasteiger partial charge in [0.25, 0.3) is 0 Å². The molecule has 74 valence electrons. The average molecular weight is 256 g/mol. The van der Waals surface area contributed by atoms with Gasteiger partial charge in [0.2, 0.25) is 0 Å². The van der Waals surface area contributed by atoms with E-state index in [4.69, 9.17) is 0 Å². The molecule has 0 aromatic carbocycles. The third-order valence-electron chi connectivity index (χ3n) is 0.836. The molecule has 0 saturated heterocycles. The largest absolute Gasteiger partial charge is 1.00 e. The first-order valence-electron chi connectivity index (χ1n) is 2.99. The standard InChI is InChI=1S/C4H10O5S3.Na/c1-11(5,6)10-3-2-4-12(7,8)9;/h2-4H2,1H3,(H,7,8,9);/q;+1/p-1. The fourth-order valence-corrected chi connectivity index (χ4v) is 2.95. The summed E-state index contributed by atoms with van der Waals surface area (Å²) in [6.07, 6.45) is 1.10. The Morgan fingerprint density at radius 3 is 2.00 bits per heavy atom. The van der Waals surface area contributed by atoms with Gasteiger partial charge in [-0.25, -0.2) is 16.8 Å². The molecule has 0 amide bonds. The van der Waals surface area contributed by atoms with Gasteiger partial charge in [0.15, 0.2) is 8.87 Å². The second-order valence-corrected chi connectivity index (χ2v) is 8.24. The molecule has 0 N–H and O–H groups in total. The van der Waals surface area contributed by atoms with E-state index in [1.807, 2.05) is 0 Å². The van der Waals surface area contributed by atoms with Gasteiger partial charge < -0.3 is 4.55 Å². The number of rotatable bonds is 5. The van der Waals surface area contributed by atoms with Gasteiger partial charge in [-0.1, -0.05) is 0 Å². The third kappa shape index (κ3) is 15.9. The molecular weight excluding hydrogens is 247 g/mol. The molecule has 0 unspecified atom stereocenters. The van der Waals surface area contributed by atoms with Gasteiger partial charge in [-0.2, -0.15) is 0 Å². The summed E-state index contributed by atoms with van der Waals surface area (Å²) in [5, 5.41) is 0. The van der Waals surface area contributed by atoms with Gasteiger partial charge >= 0.3 is 29.6 Å². The van der Waals surface area contributed by atoms with Crippen LogP contribution in [0.5, 0.6) is 0 Å². The summed E-state index contributed by atoms with van der Waals surface area (Å²) in [6.45, 7) is 0. The second-order valence-electron chi connectivity index (χ2n) is 2.14. The third-order valence-corrected chi connectivity index (χ3v) is 4.29. The molecule has 0 aromatic rings. The van der Waals surface area contributed by atoms with E-state index in [-0.39, 0.29) is 41.7 Å². The van der Waals surface area contributed by atoms with Crippen LogP contribution in [0.2, 0.25) is 0 Å².